The highest BCUT2D eigenvalue weighted by Crippen LogP contribution is 2.29. The fraction of sp³-hybridized carbons (Fsp3) is 0.467. The van der Waals surface area contributed by atoms with Gasteiger partial charge < -0.3 is 20.3 Å². The number of piperidine rings is 1. The van der Waals surface area contributed by atoms with E-state index in [0.717, 1.165) is 60.9 Å². The third-order valence-corrected chi connectivity index (χ3v) is 8.55. The van der Waals surface area contributed by atoms with Gasteiger partial charge in [0.15, 0.2) is 11.6 Å². The Morgan fingerprint density at radius 3 is 2.79 bits per heavy atom. The van der Waals surface area contributed by atoms with Crippen LogP contribution in [0.4, 0.5) is 17.3 Å². The van der Waals surface area contributed by atoms with Crippen LogP contribution in [0.2, 0.25) is 0 Å². The highest BCUT2D eigenvalue weighted by atomic mass is 32.2. The first-order valence-electron chi connectivity index (χ1n) is 14.9. The Labute approximate surface area is 250 Å². The predicted octanol–water partition coefficient (Wildman–Crippen LogP) is 4.56. The molecule has 0 saturated carbocycles. The lowest BCUT2D eigenvalue weighted by atomic mass is 10.1. The van der Waals surface area contributed by atoms with Crippen LogP contribution in [-0.4, -0.2) is 92.5 Å². The molecule has 4 aromatic rings. The van der Waals surface area contributed by atoms with Crippen molar-refractivity contribution in [2.45, 2.75) is 55.2 Å². The maximum Gasteiger partial charge on any atom is 0.238 e. The molecule has 222 valence electrons. The standard InChI is InChI=1S/C30H39N9O2S/c1-22-19-27(35-34-22)32-29-26-7-5-16-39(26)36-30(33-29)42-25-10-8-23(9-11-25)31-28(40)21-38-17-12-24(20-38)41-18-6-15-37-13-3-2-4-14-37/h5,7-11,16,19,24H,2-4,6,12-15,17-18,20-21H2,1H3,(H,31,40)(H2,32,33,34,35,36)/t24-/m1/s1. The normalized spacial score (nSPS) is 18.1. The van der Waals surface area contributed by atoms with E-state index in [1.807, 2.05) is 55.6 Å². The monoisotopic (exact) mass is 589 g/mol. The number of hydrogen-bond acceptors (Lipinski definition) is 9. The summed E-state index contributed by atoms with van der Waals surface area (Å²) in [6, 6.07) is 13.6. The van der Waals surface area contributed by atoms with E-state index in [0.29, 0.717) is 23.3 Å². The average molecular weight is 590 g/mol. The maximum absolute atomic E-state index is 12.7. The zero-order valence-electron chi connectivity index (χ0n) is 24.1. The van der Waals surface area contributed by atoms with E-state index >= 15 is 0 Å². The van der Waals surface area contributed by atoms with Gasteiger partial charge in [-0.3, -0.25) is 14.8 Å². The molecule has 1 atom stereocenters. The van der Waals surface area contributed by atoms with Crippen molar-refractivity contribution >= 4 is 40.5 Å². The second-order valence-corrected chi connectivity index (χ2v) is 12.1. The molecule has 2 aliphatic rings. The Hall–Kier alpha value is -3.45. The van der Waals surface area contributed by atoms with Crippen LogP contribution >= 0.6 is 11.8 Å². The summed E-state index contributed by atoms with van der Waals surface area (Å²) in [5, 5.41) is 18.7. The SMILES string of the molecule is Cc1cc(Nc2nc(Sc3ccc(NC(=O)CN4CC[C@@H](OCCCN5CCCCC5)C4)cc3)nn3cccc23)n[nH]1. The number of hydrogen-bond donors (Lipinski definition) is 3. The van der Waals surface area contributed by atoms with Gasteiger partial charge in [-0.1, -0.05) is 6.42 Å². The van der Waals surface area contributed by atoms with Gasteiger partial charge >= 0.3 is 0 Å². The summed E-state index contributed by atoms with van der Waals surface area (Å²) in [5.41, 5.74) is 2.60. The molecule has 1 aromatic carbocycles. The number of aryl methyl sites for hydroxylation is 1. The van der Waals surface area contributed by atoms with Crippen molar-refractivity contribution in [1.82, 2.24) is 34.6 Å². The molecule has 1 amide bonds. The van der Waals surface area contributed by atoms with Crippen molar-refractivity contribution in [3.05, 3.63) is 54.4 Å². The summed E-state index contributed by atoms with van der Waals surface area (Å²) in [7, 11) is 0. The number of carbonyl (C=O) groups excluding carboxylic acids is 1. The molecular weight excluding hydrogens is 550 g/mol. The van der Waals surface area contributed by atoms with E-state index in [1.165, 1.54) is 44.1 Å². The van der Waals surface area contributed by atoms with Crippen molar-refractivity contribution in [1.29, 1.82) is 0 Å². The molecule has 0 spiro atoms. The van der Waals surface area contributed by atoms with Gasteiger partial charge in [-0.25, -0.2) is 9.50 Å². The quantitative estimate of drug-likeness (QED) is 0.205. The molecule has 2 aliphatic heterocycles. The largest absolute Gasteiger partial charge is 0.377 e. The summed E-state index contributed by atoms with van der Waals surface area (Å²) in [5.74, 6) is 1.37. The molecule has 0 radical (unpaired) electrons. The van der Waals surface area contributed by atoms with Gasteiger partial charge in [0.25, 0.3) is 0 Å². The lowest BCUT2D eigenvalue weighted by molar-refractivity contribution is -0.117. The molecule has 0 aliphatic carbocycles. The first-order valence-corrected chi connectivity index (χ1v) is 15.7. The summed E-state index contributed by atoms with van der Waals surface area (Å²) in [6.07, 6.45) is 8.22. The molecule has 2 saturated heterocycles. The topological polar surface area (TPSA) is 116 Å². The summed E-state index contributed by atoms with van der Waals surface area (Å²) >= 11 is 1.46. The van der Waals surface area contributed by atoms with Gasteiger partial charge in [0, 0.05) is 54.8 Å². The van der Waals surface area contributed by atoms with Crippen LogP contribution in [0, 0.1) is 6.92 Å². The fourth-order valence-corrected chi connectivity index (χ4v) is 6.32. The second kappa shape index (κ2) is 13.7. The van der Waals surface area contributed by atoms with Gasteiger partial charge in [0.05, 0.1) is 12.6 Å². The maximum atomic E-state index is 12.7. The van der Waals surface area contributed by atoms with Crippen LogP contribution in [0.25, 0.3) is 5.52 Å². The number of aromatic amines is 1. The summed E-state index contributed by atoms with van der Waals surface area (Å²) in [6.45, 7) is 8.44. The van der Waals surface area contributed by atoms with Crippen LogP contribution in [0.15, 0.2) is 58.7 Å². The van der Waals surface area contributed by atoms with Gasteiger partial charge in [0.2, 0.25) is 11.1 Å². The number of likely N-dealkylation sites (tertiary alicyclic amines) is 2. The molecule has 5 heterocycles. The number of H-pyrrole nitrogens is 1. The number of benzene rings is 1. The van der Waals surface area contributed by atoms with Crippen molar-refractivity contribution < 1.29 is 9.53 Å². The number of carbonyl (C=O) groups is 1. The minimum Gasteiger partial charge on any atom is -0.377 e. The molecule has 0 bridgehead atoms. The van der Waals surface area contributed by atoms with E-state index < -0.39 is 0 Å². The van der Waals surface area contributed by atoms with E-state index in [9.17, 15) is 4.79 Å². The van der Waals surface area contributed by atoms with Crippen LogP contribution in [0.5, 0.6) is 0 Å². The number of nitrogens with zero attached hydrogens (tertiary/aromatic N) is 6. The second-order valence-electron chi connectivity index (χ2n) is 11.1. The number of nitrogens with one attached hydrogen (secondary N) is 3. The van der Waals surface area contributed by atoms with Crippen molar-refractivity contribution in [2.24, 2.45) is 0 Å². The van der Waals surface area contributed by atoms with Gasteiger partial charge in [-0.15, -0.1) is 5.10 Å². The lowest BCUT2D eigenvalue weighted by Crippen LogP contribution is -2.33. The Morgan fingerprint density at radius 2 is 1.98 bits per heavy atom. The van der Waals surface area contributed by atoms with Crippen LogP contribution in [0.3, 0.4) is 0 Å². The first kappa shape index (κ1) is 28.7. The van der Waals surface area contributed by atoms with Crippen LogP contribution in [0.1, 0.15) is 37.8 Å². The first-order chi connectivity index (χ1) is 20.6. The molecule has 6 rings (SSSR count). The lowest BCUT2D eigenvalue weighted by Gasteiger charge is -2.26. The number of amides is 1. The van der Waals surface area contributed by atoms with Gasteiger partial charge in [-0.05, 0) is 93.9 Å². The summed E-state index contributed by atoms with van der Waals surface area (Å²) < 4.78 is 7.92. The minimum atomic E-state index is -0.00753. The molecule has 42 heavy (non-hydrogen) atoms. The minimum absolute atomic E-state index is 0.00753. The Bertz CT molecular complexity index is 1470. The molecule has 2 fully saturated rings. The Morgan fingerprint density at radius 1 is 1.12 bits per heavy atom. The molecule has 11 nitrogen and oxygen atoms in total. The predicted molar refractivity (Wildman–Crippen MR) is 164 cm³/mol. The molecular formula is C30H39N9O2S. The number of ether oxygens (including phenoxy) is 1. The highest BCUT2D eigenvalue weighted by molar-refractivity contribution is 7.99. The van der Waals surface area contributed by atoms with Gasteiger partial charge in [0.1, 0.15) is 5.52 Å². The van der Waals surface area contributed by atoms with E-state index in [4.69, 9.17) is 9.72 Å². The molecule has 0 unspecified atom stereocenters. The number of fused-ring (bicyclic) bond motifs is 1. The Kier molecular flexibility index (Phi) is 9.34. The number of anilines is 3. The fourth-order valence-electron chi connectivity index (χ4n) is 5.57. The average Bonchev–Trinajstić information content (AvgIpc) is 3.74. The third kappa shape index (κ3) is 7.68. The molecule has 3 aromatic heterocycles. The van der Waals surface area contributed by atoms with E-state index in [-0.39, 0.29) is 12.0 Å². The van der Waals surface area contributed by atoms with E-state index in [2.05, 4.69) is 35.7 Å². The zero-order valence-corrected chi connectivity index (χ0v) is 24.9. The molecule has 12 heteroatoms. The van der Waals surface area contributed by atoms with Crippen LogP contribution in [-0.2, 0) is 9.53 Å². The van der Waals surface area contributed by atoms with Crippen molar-refractivity contribution in [3.8, 4) is 0 Å². The smallest absolute Gasteiger partial charge is 0.238 e. The Balaban J connectivity index is 0.957. The molecule has 3 N–H and O–H groups in total. The highest BCUT2D eigenvalue weighted by Gasteiger charge is 2.24. The van der Waals surface area contributed by atoms with Crippen molar-refractivity contribution in [2.75, 3.05) is 56.5 Å². The number of rotatable bonds is 12. The van der Waals surface area contributed by atoms with Gasteiger partial charge in [-0.2, -0.15) is 5.10 Å². The van der Waals surface area contributed by atoms with E-state index in [1.54, 1.807) is 4.52 Å². The van der Waals surface area contributed by atoms with Crippen molar-refractivity contribution in [3.63, 3.8) is 0 Å². The zero-order chi connectivity index (χ0) is 28.7. The van der Waals surface area contributed by atoms with Crippen LogP contribution < -0.4 is 10.6 Å². The number of aromatic nitrogens is 5. The third-order valence-electron chi connectivity index (χ3n) is 7.69. The summed E-state index contributed by atoms with van der Waals surface area (Å²) in [4.78, 5) is 23.2.